The van der Waals surface area contributed by atoms with Gasteiger partial charge in [-0.15, -0.1) is 0 Å². The first kappa shape index (κ1) is 12.4. The van der Waals surface area contributed by atoms with Crippen LogP contribution in [-0.2, 0) is 6.73 Å². The molecule has 2 aromatic rings. The van der Waals surface area contributed by atoms with Crippen LogP contribution in [0.4, 0.5) is 4.39 Å². The monoisotopic (exact) mass is 270 g/mol. The molecule has 94 valence electrons. The average molecular weight is 271 g/mol. The number of aromatic nitrogens is 2. The molecule has 1 aromatic carbocycles. The smallest absolute Gasteiger partial charge is 0.356 e. The number of carboxylic acids is 1. The van der Waals surface area contributed by atoms with Crippen molar-refractivity contribution < 1.29 is 19.0 Å². The third-order valence-electron chi connectivity index (χ3n) is 2.11. The van der Waals surface area contributed by atoms with E-state index < -0.39 is 11.8 Å². The highest BCUT2D eigenvalue weighted by Gasteiger charge is 2.08. The predicted molar refractivity (Wildman–Crippen MR) is 61.2 cm³/mol. The summed E-state index contributed by atoms with van der Waals surface area (Å²) in [6.45, 7) is -0.0914. The van der Waals surface area contributed by atoms with Gasteiger partial charge in [-0.2, -0.15) is 5.10 Å². The van der Waals surface area contributed by atoms with E-state index in [1.165, 1.54) is 29.1 Å². The van der Waals surface area contributed by atoms with E-state index in [1.807, 2.05) is 0 Å². The molecule has 5 nitrogen and oxygen atoms in total. The molecule has 0 unspecified atom stereocenters. The number of aromatic carboxylic acids is 1. The van der Waals surface area contributed by atoms with Crippen LogP contribution in [-0.4, -0.2) is 20.9 Å². The van der Waals surface area contributed by atoms with E-state index in [4.69, 9.17) is 21.4 Å². The zero-order valence-corrected chi connectivity index (χ0v) is 9.76. The highest BCUT2D eigenvalue weighted by Crippen LogP contribution is 2.21. The van der Waals surface area contributed by atoms with Crippen molar-refractivity contribution in [2.75, 3.05) is 0 Å². The summed E-state index contributed by atoms with van der Waals surface area (Å²) >= 11 is 5.59. The molecule has 0 saturated heterocycles. The first-order valence-electron chi connectivity index (χ1n) is 4.91. The van der Waals surface area contributed by atoms with E-state index in [2.05, 4.69) is 5.10 Å². The molecule has 1 heterocycles. The van der Waals surface area contributed by atoms with Gasteiger partial charge < -0.3 is 9.84 Å². The van der Waals surface area contributed by atoms with Gasteiger partial charge in [-0.05, 0) is 24.3 Å². The Labute approximate surface area is 106 Å². The van der Waals surface area contributed by atoms with Crippen molar-refractivity contribution in [1.82, 2.24) is 9.78 Å². The molecule has 0 aliphatic carbocycles. The Balaban J connectivity index is 2.04. The first-order chi connectivity index (χ1) is 8.56. The molecule has 0 atom stereocenters. The molecule has 0 bridgehead atoms. The molecule has 0 aliphatic rings. The van der Waals surface area contributed by atoms with Gasteiger partial charge in [0.25, 0.3) is 0 Å². The molecule has 18 heavy (non-hydrogen) atoms. The number of halogens is 2. The number of rotatable bonds is 4. The SMILES string of the molecule is O=C(O)c1ccn(COc2ccc(Cl)cc2F)n1. The minimum absolute atomic E-state index is 0.0202. The van der Waals surface area contributed by atoms with Gasteiger partial charge in [0.1, 0.15) is 0 Å². The number of hydrogen-bond acceptors (Lipinski definition) is 3. The highest BCUT2D eigenvalue weighted by atomic mass is 35.5. The maximum absolute atomic E-state index is 13.4. The Bertz CT molecular complexity index is 585. The summed E-state index contributed by atoms with van der Waals surface area (Å²) in [7, 11) is 0. The van der Waals surface area contributed by atoms with E-state index in [1.54, 1.807) is 0 Å². The maximum atomic E-state index is 13.4. The number of carboxylic acid groups (broad SMARTS) is 1. The van der Waals surface area contributed by atoms with E-state index >= 15 is 0 Å². The normalized spacial score (nSPS) is 10.3. The van der Waals surface area contributed by atoms with Crippen LogP contribution in [0, 0.1) is 5.82 Å². The molecule has 0 amide bonds. The fraction of sp³-hybridized carbons (Fsp3) is 0.0909. The molecular weight excluding hydrogens is 263 g/mol. The molecule has 0 saturated carbocycles. The van der Waals surface area contributed by atoms with E-state index in [0.29, 0.717) is 0 Å². The van der Waals surface area contributed by atoms with Gasteiger partial charge >= 0.3 is 5.97 Å². The minimum atomic E-state index is -1.13. The molecular formula is C11H8ClFN2O3. The third kappa shape index (κ3) is 2.78. The maximum Gasteiger partial charge on any atom is 0.356 e. The second-order valence-electron chi connectivity index (χ2n) is 3.39. The minimum Gasteiger partial charge on any atom is -0.476 e. The Morgan fingerprint density at radius 3 is 2.89 bits per heavy atom. The summed E-state index contributed by atoms with van der Waals surface area (Å²) in [6, 6.07) is 5.33. The van der Waals surface area contributed by atoms with Crippen molar-refractivity contribution in [3.05, 3.63) is 47.0 Å². The lowest BCUT2D eigenvalue weighted by Gasteiger charge is -2.07. The summed E-state index contributed by atoms with van der Waals surface area (Å²) in [4.78, 5) is 10.6. The van der Waals surface area contributed by atoms with Gasteiger partial charge in [-0.25, -0.2) is 13.9 Å². The number of benzene rings is 1. The first-order valence-corrected chi connectivity index (χ1v) is 5.28. The molecule has 0 fully saturated rings. The molecule has 0 aliphatic heterocycles. The summed E-state index contributed by atoms with van der Waals surface area (Å²) in [6.07, 6.45) is 1.43. The van der Waals surface area contributed by atoms with E-state index in [0.717, 1.165) is 6.07 Å². The van der Waals surface area contributed by atoms with E-state index in [9.17, 15) is 9.18 Å². The third-order valence-corrected chi connectivity index (χ3v) is 2.34. The molecule has 0 radical (unpaired) electrons. The zero-order chi connectivity index (χ0) is 13.1. The lowest BCUT2D eigenvalue weighted by Crippen LogP contribution is -2.08. The highest BCUT2D eigenvalue weighted by molar-refractivity contribution is 6.30. The van der Waals surface area contributed by atoms with Gasteiger partial charge in [0.15, 0.2) is 24.0 Å². The Hall–Kier alpha value is -2.08. The summed E-state index contributed by atoms with van der Waals surface area (Å²) in [5.74, 6) is -1.70. The summed E-state index contributed by atoms with van der Waals surface area (Å²) in [5.41, 5.74) is -0.102. The van der Waals surface area contributed by atoms with Crippen LogP contribution in [0.1, 0.15) is 10.5 Å². The summed E-state index contributed by atoms with van der Waals surface area (Å²) in [5, 5.41) is 12.7. The second-order valence-corrected chi connectivity index (χ2v) is 3.83. The fourth-order valence-electron chi connectivity index (χ4n) is 1.28. The van der Waals surface area contributed by atoms with Gasteiger partial charge in [-0.3, -0.25) is 0 Å². The van der Waals surface area contributed by atoms with Gasteiger partial charge in [-0.1, -0.05) is 11.6 Å². The van der Waals surface area contributed by atoms with Crippen molar-refractivity contribution in [1.29, 1.82) is 0 Å². The lowest BCUT2D eigenvalue weighted by atomic mass is 10.3. The predicted octanol–water partition coefficient (Wildman–Crippen LogP) is 2.41. The van der Waals surface area contributed by atoms with E-state index in [-0.39, 0.29) is 23.2 Å². The number of carbonyl (C=O) groups is 1. The number of nitrogens with zero attached hydrogens (tertiary/aromatic N) is 2. The quantitative estimate of drug-likeness (QED) is 0.927. The van der Waals surface area contributed by atoms with Crippen LogP contribution in [0.5, 0.6) is 5.75 Å². The zero-order valence-electron chi connectivity index (χ0n) is 9.01. The van der Waals surface area contributed by atoms with Crippen LogP contribution in [0.3, 0.4) is 0 Å². The van der Waals surface area contributed by atoms with Crippen molar-refractivity contribution >= 4 is 17.6 Å². The topological polar surface area (TPSA) is 64.3 Å². The standard InChI is InChI=1S/C11H8ClFN2O3/c12-7-1-2-10(8(13)5-7)18-6-15-4-3-9(14-15)11(16)17/h1-5H,6H2,(H,16,17). The fourth-order valence-corrected chi connectivity index (χ4v) is 1.43. The lowest BCUT2D eigenvalue weighted by molar-refractivity contribution is 0.0688. The van der Waals surface area contributed by atoms with Crippen molar-refractivity contribution in [2.45, 2.75) is 6.73 Å². The summed E-state index contributed by atoms with van der Waals surface area (Å²) < 4.78 is 19.7. The molecule has 2 rings (SSSR count). The van der Waals surface area contributed by atoms with Gasteiger partial charge in [0, 0.05) is 11.2 Å². The van der Waals surface area contributed by atoms with Gasteiger partial charge in [0.2, 0.25) is 0 Å². The molecule has 1 N–H and O–H groups in total. The Morgan fingerprint density at radius 1 is 1.50 bits per heavy atom. The number of hydrogen-bond donors (Lipinski definition) is 1. The van der Waals surface area contributed by atoms with Crippen molar-refractivity contribution in [2.24, 2.45) is 0 Å². The number of ether oxygens (including phenoxy) is 1. The van der Waals surface area contributed by atoms with Crippen LogP contribution >= 0.6 is 11.6 Å². The van der Waals surface area contributed by atoms with Crippen LogP contribution < -0.4 is 4.74 Å². The van der Waals surface area contributed by atoms with Crippen LogP contribution in [0.2, 0.25) is 5.02 Å². The Kier molecular flexibility index (Phi) is 3.47. The second kappa shape index (κ2) is 5.05. The average Bonchev–Trinajstić information content (AvgIpc) is 2.76. The van der Waals surface area contributed by atoms with Crippen LogP contribution in [0.25, 0.3) is 0 Å². The molecule has 1 aromatic heterocycles. The largest absolute Gasteiger partial charge is 0.476 e. The molecule has 7 heteroatoms. The van der Waals surface area contributed by atoms with Gasteiger partial charge in [0.05, 0.1) is 0 Å². The van der Waals surface area contributed by atoms with Crippen molar-refractivity contribution in [3.8, 4) is 5.75 Å². The molecule has 0 spiro atoms. The van der Waals surface area contributed by atoms with Crippen molar-refractivity contribution in [3.63, 3.8) is 0 Å². The Morgan fingerprint density at radius 2 is 2.28 bits per heavy atom. The van der Waals surface area contributed by atoms with Crippen LogP contribution in [0.15, 0.2) is 30.5 Å².